The van der Waals surface area contributed by atoms with Gasteiger partial charge in [-0.2, -0.15) is 0 Å². The van der Waals surface area contributed by atoms with E-state index in [9.17, 15) is 52.7 Å². The number of hydrogen-bond acceptors (Lipinski definition) is 22. The Kier molecular flexibility index (Phi) is 19.5. The van der Waals surface area contributed by atoms with Gasteiger partial charge in [-0.1, -0.05) is 27.7 Å². The van der Waals surface area contributed by atoms with Gasteiger partial charge in [0.2, 0.25) is 5.60 Å². The van der Waals surface area contributed by atoms with Crippen molar-refractivity contribution in [3.63, 3.8) is 0 Å². The fourth-order valence-corrected chi connectivity index (χ4v) is 15.7. The first-order valence-corrected chi connectivity index (χ1v) is 33.6. The summed E-state index contributed by atoms with van der Waals surface area (Å²) < 4.78 is 60.1. The molecule has 508 valence electrons. The van der Waals surface area contributed by atoms with Gasteiger partial charge in [-0.15, -0.1) is 0 Å². The van der Waals surface area contributed by atoms with E-state index in [1.54, 1.807) is 41.5 Å². The van der Waals surface area contributed by atoms with Crippen LogP contribution in [-0.2, 0) is 105 Å². The molecule has 0 radical (unpaired) electrons. The third-order valence-corrected chi connectivity index (χ3v) is 23.2. The van der Waals surface area contributed by atoms with Crippen LogP contribution in [0, 0.1) is 98.6 Å². The summed E-state index contributed by atoms with van der Waals surface area (Å²) in [5.41, 5.74) is -4.59. The highest BCUT2D eigenvalue weighted by atomic mass is 16.6. The Labute approximate surface area is 535 Å². The predicted octanol–water partition coefficient (Wildman–Crippen LogP) is 8.88. The molecular weight excluding hydrogens is 1180 g/mol. The van der Waals surface area contributed by atoms with E-state index < -0.39 is 81.0 Å². The molecule has 4 aliphatic heterocycles. The summed E-state index contributed by atoms with van der Waals surface area (Å²) in [5.74, 6) is -1.19. The smallest absolute Gasteiger partial charge is 0.350 e. The number of fused-ring (bicyclic) bond motifs is 8. The van der Waals surface area contributed by atoms with Crippen LogP contribution in [0.4, 0.5) is 0 Å². The zero-order valence-electron chi connectivity index (χ0n) is 56.5. The van der Waals surface area contributed by atoms with Crippen molar-refractivity contribution >= 4 is 65.7 Å². The summed E-state index contributed by atoms with van der Waals surface area (Å²) in [7, 11) is 0. The number of esters is 11. The molecule has 0 aromatic heterocycles. The molecule has 12 rings (SSSR count). The Morgan fingerprint density at radius 2 is 0.846 bits per heavy atom. The van der Waals surface area contributed by atoms with Crippen LogP contribution in [0.3, 0.4) is 0 Å². The average molecular weight is 1280 g/mol. The van der Waals surface area contributed by atoms with Crippen molar-refractivity contribution in [1.29, 1.82) is 0 Å². The van der Waals surface area contributed by atoms with E-state index in [4.69, 9.17) is 52.1 Å². The lowest BCUT2D eigenvalue weighted by molar-refractivity contribution is -0.192. The number of rotatable bonds is 19. The second-order valence-corrected chi connectivity index (χ2v) is 31.8. The van der Waals surface area contributed by atoms with Crippen LogP contribution in [0.5, 0.6) is 0 Å². The van der Waals surface area contributed by atoms with Gasteiger partial charge in [0, 0.05) is 47.3 Å². The number of hydrogen-bond donors (Lipinski definition) is 0. The normalized spacial score (nSPS) is 35.6. The first kappa shape index (κ1) is 69.5. The minimum absolute atomic E-state index is 0.000856. The monoisotopic (exact) mass is 1280 g/mol. The molecule has 8 bridgehead atoms. The molecule has 0 aromatic carbocycles. The zero-order chi connectivity index (χ0) is 67.2. The fraction of sp³-hybridized carbons (Fsp3) is 0.841. The molecule has 8 saturated carbocycles. The Hall–Kier alpha value is -5.83. The van der Waals surface area contributed by atoms with Crippen molar-refractivity contribution in [2.75, 3.05) is 6.61 Å². The second-order valence-electron chi connectivity index (χ2n) is 31.8. The highest BCUT2D eigenvalue weighted by Gasteiger charge is 2.67. The van der Waals surface area contributed by atoms with Crippen molar-refractivity contribution in [2.45, 2.75) is 261 Å². The zero-order valence-corrected chi connectivity index (χ0v) is 56.5. The summed E-state index contributed by atoms with van der Waals surface area (Å²) in [6, 6.07) is 0. The molecule has 0 spiro atoms. The van der Waals surface area contributed by atoms with E-state index in [0.717, 1.165) is 57.8 Å². The Bertz CT molecular complexity index is 2880. The summed E-state index contributed by atoms with van der Waals surface area (Å²) in [5, 5.41) is 0. The first-order chi connectivity index (χ1) is 42.3. The van der Waals surface area contributed by atoms with Crippen LogP contribution < -0.4 is 0 Å². The summed E-state index contributed by atoms with van der Waals surface area (Å²) in [6.45, 7) is 30.9. The summed E-state index contributed by atoms with van der Waals surface area (Å²) in [6.07, 6.45) is 6.30. The SMILES string of the molecule is CCC(C)(C)C(=O)OC(C)(C)C(=O)OC1C2CC3C(=O)OC1C3C2.CCC(C)(C)C(=O)OC(C)(C)CC(=O)OC1C2CC3C(=O)OC1C3C2.CCC(C)(C)C(=O)OC(C)C(=O)OC1C2CC3C(=O)OC1C3C2.CCC(C)(C)C(=O)OC1CC2CC1C1COC(=O)C21. The van der Waals surface area contributed by atoms with Crippen LogP contribution in [-0.4, -0.2) is 132 Å². The van der Waals surface area contributed by atoms with E-state index in [-0.39, 0.29) is 138 Å². The lowest BCUT2D eigenvalue weighted by atomic mass is 9.79. The van der Waals surface area contributed by atoms with Crippen molar-refractivity contribution in [2.24, 2.45) is 98.6 Å². The molecule has 12 aliphatic rings. The van der Waals surface area contributed by atoms with E-state index >= 15 is 0 Å². The first-order valence-electron chi connectivity index (χ1n) is 33.6. The molecule has 8 aliphatic carbocycles. The molecule has 91 heavy (non-hydrogen) atoms. The Balaban J connectivity index is 0.000000144. The molecule has 4 saturated heterocycles. The standard InChI is InChI=1S/C19H28O6.C18H26O6.C17H24O6.C15H22O4/c1-6-18(2,3)17(22)25-19(4,5)9-13(20)23-14-10-7-11-12(8-10)16(21)24-15(11)14;1-6-17(2,3)15(20)24-18(4,5)16(21)23-12-9-7-10-11(8-9)14(19)22-13(10)12;1-5-17(3,4)16(20)21-8(2)14(18)22-12-9-6-10-11(7-9)15(19)23-13(10)12;1-4-15(2,3)14(17)19-11-6-8-5-9(11)10-7-18-13(16)12(8)10/h10-12,14-15H,6-9H2,1-5H3;9-13H,6-8H2,1-5H3;8-13H,5-7H2,1-4H3;8-12H,4-7H2,1-3H3. The van der Waals surface area contributed by atoms with Gasteiger partial charge in [0.15, 0.2) is 6.10 Å². The van der Waals surface area contributed by atoms with Crippen molar-refractivity contribution < 1.29 is 105 Å². The number of ether oxygens (including phenoxy) is 11. The molecule has 21 unspecified atom stereocenters. The van der Waals surface area contributed by atoms with Crippen LogP contribution in [0.1, 0.15) is 201 Å². The lowest BCUT2D eigenvalue weighted by Gasteiger charge is -2.32. The summed E-state index contributed by atoms with van der Waals surface area (Å²) >= 11 is 0. The van der Waals surface area contributed by atoms with Crippen LogP contribution >= 0.6 is 0 Å². The second kappa shape index (κ2) is 25.5. The van der Waals surface area contributed by atoms with Gasteiger partial charge in [-0.3, -0.25) is 43.2 Å². The molecule has 12 fully saturated rings. The van der Waals surface area contributed by atoms with Gasteiger partial charge in [-0.05, 0) is 173 Å². The Morgan fingerprint density at radius 3 is 1.31 bits per heavy atom. The largest absolute Gasteiger partial charge is 0.465 e. The minimum atomic E-state index is -1.37. The molecule has 4 heterocycles. The predicted molar refractivity (Wildman–Crippen MR) is 319 cm³/mol. The number of carbonyl (C=O) groups excluding carboxylic acids is 11. The average Bonchev–Trinajstić information content (AvgIpc) is 1.60. The van der Waals surface area contributed by atoms with Crippen molar-refractivity contribution in [3.05, 3.63) is 0 Å². The summed E-state index contributed by atoms with van der Waals surface area (Å²) in [4.78, 5) is 133. The Morgan fingerprint density at radius 1 is 0.440 bits per heavy atom. The van der Waals surface area contributed by atoms with E-state index in [1.807, 2.05) is 55.4 Å². The highest BCUT2D eigenvalue weighted by Crippen LogP contribution is 2.59. The van der Waals surface area contributed by atoms with Gasteiger partial charge in [0.05, 0.1) is 58.4 Å². The number of cyclic esters (lactones) is 1. The van der Waals surface area contributed by atoms with Crippen molar-refractivity contribution in [1.82, 2.24) is 0 Å². The quantitative estimate of drug-likeness (QED) is 0.0861. The molecule has 0 amide bonds. The fourth-order valence-electron chi connectivity index (χ4n) is 15.7. The van der Waals surface area contributed by atoms with E-state index in [2.05, 4.69) is 0 Å². The van der Waals surface area contributed by atoms with E-state index in [1.165, 1.54) is 20.8 Å². The highest BCUT2D eigenvalue weighted by molar-refractivity contribution is 5.86. The van der Waals surface area contributed by atoms with Crippen LogP contribution in [0.25, 0.3) is 0 Å². The number of carbonyl (C=O) groups is 11. The van der Waals surface area contributed by atoms with E-state index in [0.29, 0.717) is 37.7 Å². The lowest BCUT2D eigenvalue weighted by Crippen LogP contribution is -2.46. The van der Waals surface area contributed by atoms with Gasteiger partial charge in [0.1, 0.15) is 48.3 Å². The van der Waals surface area contributed by atoms with Gasteiger partial charge < -0.3 is 52.1 Å². The third-order valence-electron chi connectivity index (χ3n) is 23.2. The molecule has 21 atom stereocenters. The maximum Gasteiger partial charge on any atom is 0.350 e. The maximum absolute atomic E-state index is 12.6. The van der Waals surface area contributed by atoms with Crippen molar-refractivity contribution in [3.8, 4) is 0 Å². The molecule has 22 nitrogen and oxygen atoms in total. The van der Waals surface area contributed by atoms with Crippen LogP contribution in [0.2, 0.25) is 0 Å². The van der Waals surface area contributed by atoms with Gasteiger partial charge >= 0.3 is 65.7 Å². The van der Waals surface area contributed by atoms with Crippen LogP contribution in [0.15, 0.2) is 0 Å². The minimum Gasteiger partial charge on any atom is -0.465 e. The molecule has 0 aromatic rings. The van der Waals surface area contributed by atoms with Gasteiger partial charge in [-0.25, -0.2) is 9.59 Å². The topological polar surface area (TPSA) is 289 Å². The molecule has 22 heteroatoms. The third kappa shape index (κ3) is 13.6. The maximum atomic E-state index is 12.6. The van der Waals surface area contributed by atoms with Gasteiger partial charge in [0.25, 0.3) is 0 Å². The molecule has 0 N–H and O–H groups in total. The molecular formula is C69H100O22.